The van der Waals surface area contributed by atoms with Gasteiger partial charge in [0.05, 0.1) is 18.2 Å². The molecule has 2 aromatic heterocycles. The van der Waals surface area contributed by atoms with Gasteiger partial charge in [0.2, 0.25) is 5.91 Å². The molecule has 27 heavy (non-hydrogen) atoms. The number of fused-ring (bicyclic) bond motifs is 2. The predicted molar refractivity (Wildman–Crippen MR) is 102 cm³/mol. The molecule has 7 nitrogen and oxygen atoms in total. The number of imidazole rings is 1. The minimum Gasteiger partial charge on any atom is -0.351 e. The second kappa shape index (κ2) is 6.57. The quantitative estimate of drug-likeness (QED) is 0.773. The number of nitrogens with one attached hydrogen (secondary N) is 1. The molecule has 4 rings (SSSR count). The standard InChI is InChI=1S/C20H23N5O2/c1-13-19-21-15(11-18(26)23(2)3)12-24(19)8-9-25(13)20(27)17-10-14-6-4-5-7-16(14)22-17/h4-7,10,12-13,22H,8-9,11H2,1-3H3. The van der Waals surface area contributed by atoms with Crippen LogP contribution in [0.2, 0.25) is 0 Å². The van der Waals surface area contributed by atoms with Gasteiger partial charge in [0.1, 0.15) is 11.5 Å². The number of likely N-dealkylation sites (N-methyl/N-ethyl adjacent to an activating group) is 1. The molecule has 1 N–H and O–H groups in total. The van der Waals surface area contributed by atoms with Crippen LogP contribution in [-0.2, 0) is 17.8 Å². The second-order valence-corrected chi connectivity index (χ2v) is 7.19. The van der Waals surface area contributed by atoms with E-state index in [4.69, 9.17) is 0 Å². The smallest absolute Gasteiger partial charge is 0.270 e. The average Bonchev–Trinajstić information content (AvgIpc) is 3.25. The summed E-state index contributed by atoms with van der Waals surface area (Å²) >= 11 is 0. The molecule has 1 atom stereocenters. The van der Waals surface area contributed by atoms with Gasteiger partial charge in [0.15, 0.2) is 0 Å². The lowest BCUT2D eigenvalue weighted by atomic mass is 10.2. The molecule has 3 aromatic rings. The minimum absolute atomic E-state index is 0.0177. The van der Waals surface area contributed by atoms with Crippen molar-refractivity contribution in [1.82, 2.24) is 24.3 Å². The molecule has 7 heteroatoms. The molecule has 0 bridgehead atoms. The van der Waals surface area contributed by atoms with E-state index in [1.54, 1.807) is 19.0 Å². The normalized spacial score (nSPS) is 16.4. The van der Waals surface area contributed by atoms with E-state index in [2.05, 4.69) is 14.5 Å². The highest BCUT2D eigenvalue weighted by Gasteiger charge is 2.31. The van der Waals surface area contributed by atoms with Gasteiger partial charge in [-0.25, -0.2) is 4.98 Å². The average molecular weight is 365 g/mol. The zero-order valence-electron chi connectivity index (χ0n) is 15.8. The molecule has 0 spiro atoms. The number of rotatable bonds is 3. The number of hydrogen-bond donors (Lipinski definition) is 1. The van der Waals surface area contributed by atoms with E-state index < -0.39 is 0 Å². The molecule has 0 saturated carbocycles. The second-order valence-electron chi connectivity index (χ2n) is 7.19. The Balaban J connectivity index is 1.57. The van der Waals surface area contributed by atoms with Crippen LogP contribution in [-0.4, -0.2) is 56.8 Å². The molecule has 3 heterocycles. The van der Waals surface area contributed by atoms with Crippen molar-refractivity contribution >= 4 is 22.7 Å². The SMILES string of the molecule is CC1c2nc(CC(=O)N(C)C)cn2CCN1C(=O)c1cc2ccccc2[nH]1. The third-order valence-electron chi connectivity index (χ3n) is 5.13. The van der Waals surface area contributed by atoms with E-state index in [0.29, 0.717) is 18.8 Å². The van der Waals surface area contributed by atoms with E-state index in [9.17, 15) is 9.59 Å². The monoisotopic (exact) mass is 365 g/mol. The lowest BCUT2D eigenvalue weighted by molar-refractivity contribution is -0.128. The Kier molecular flexibility index (Phi) is 4.22. The first-order chi connectivity index (χ1) is 12.9. The van der Waals surface area contributed by atoms with E-state index in [0.717, 1.165) is 22.4 Å². The maximum Gasteiger partial charge on any atom is 0.270 e. The molecule has 1 aliphatic heterocycles. The number of nitrogens with zero attached hydrogens (tertiary/aromatic N) is 4. The van der Waals surface area contributed by atoms with Crippen LogP contribution in [0.4, 0.5) is 0 Å². The lowest BCUT2D eigenvalue weighted by Gasteiger charge is -2.33. The number of amides is 2. The van der Waals surface area contributed by atoms with Crippen LogP contribution < -0.4 is 0 Å². The van der Waals surface area contributed by atoms with Crippen LogP contribution in [0.3, 0.4) is 0 Å². The molecule has 1 unspecified atom stereocenters. The molecule has 0 saturated heterocycles. The summed E-state index contributed by atoms with van der Waals surface area (Å²) in [7, 11) is 3.48. The van der Waals surface area contributed by atoms with Crippen LogP contribution in [0.1, 0.15) is 35.0 Å². The van der Waals surface area contributed by atoms with Crippen molar-refractivity contribution in [1.29, 1.82) is 0 Å². The number of para-hydroxylation sites is 1. The van der Waals surface area contributed by atoms with Gasteiger partial charge in [-0.3, -0.25) is 9.59 Å². The molecule has 1 aromatic carbocycles. The Labute approximate surface area is 157 Å². The van der Waals surface area contributed by atoms with Gasteiger partial charge in [-0.15, -0.1) is 0 Å². The number of hydrogen-bond acceptors (Lipinski definition) is 3. The highest BCUT2D eigenvalue weighted by atomic mass is 16.2. The van der Waals surface area contributed by atoms with Crippen LogP contribution in [0.5, 0.6) is 0 Å². The molecule has 0 fully saturated rings. The topological polar surface area (TPSA) is 74.2 Å². The van der Waals surface area contributed by atoms with Crippen molar-refractivity contribution < 1.29 is 9.59 Å². The fourth-order valence-electron chi connectivity index (χ4n) is 3.57. The number of aromatic amines is 1. The van der Waals surface area contributed by atoms with Crippen molar-refractivity contribution in [2.45, 2.75) is 25.9 Å². The summed E-state index contributed by atoms with van der Waals surface area (Å²) in [6.45, 7) is 3.27. The first-order valence-corrected chi connectivity index (χ1v) is 9.09. The fourth-order valence-corrected chi connectivity index (χ4v) is 3.57. The predicted octanol–water partition coefficient (Wildman–Crippen LogP) is 2.21. The Hall–Kier alpha value is -3.09. The van der Waals surface area contributed by atoms with E-state index in [1.165, 1.54) is 0 Å². The molecule has 140 valence electrons. The van der Waals surface area contributed by atoms with Gasteiger partial charge in [0, 0.05) is 44.3 Å². The number of aromatic nitrogens is 3. The minimum atomic E-state index is -0.152. The van der Waals surface area contributed by atoms with Gasteiger partial charge in [-0.1, -0.05) is 18.2 Å². The third-order valence-corrected chi connectivity index (χ3v) is 5.13. The fraction of sp³-hybridized carbons (Fsp3) is 0.350. The Morgan fingerprint density at radius 2 is 2.04 bits per heavy atom. The van der Waals surface area contributed by atoms with Crippen molar-refractivity contribution in [2.75, 3.05) is 20.6 Å². The molecular weight excluding hydrogens is 342 g/mol. The maximum atomic E-state index is 13.1. The Morgan fingerprint density at radius 1 is 1.26 bits per heavy atom. The molecule has 0 aliphatic carbocycles. The summed E-state index contributed by atoms with van der Waals surface area (Å²) in [5, 5.41) is 1.02. The first kappa shape index (κ1) is 17.3. The van der Waals surface area contributed by atoms with E-state index >= 15 is 0 Å². The maximum absolute atomic E-state index is 13.1. The lowest BCUT2D eigenvalue weighted by Crippen LogP contribution is -2.41. The van der Waals surface area contributed by atoms with Crippen molar-refractivity contribution in [2.24, 2.45) is 0 Å². The highest BCUT2D eigenvalue weighted by molar-refractivity contribution is 5.98. The van der Waals surface area contributed by atoms with Crippen LogP contribution in [0, 0.1) is 0 Å². The third kappa shape index (κ3) is 3.09. The number of H-pyrrole nitrogens is 1. The summed E-state index contributed by atoms with van der Waals surface area (Å²) in [6.07, 6.45) is 2.20. The number of carbonyl (C=O) groups is 2. The summed E-state index contributed by atoms with van der Waals surface area (Å²) in [4.78, 5) is 36.3. The van der Waals surface area contributed by atoms with Gasteiger partial charge in [-0.2, -0.15) is 0 Å². The van der Waals surface area contributed by atoms with Crippen LogP contribution in [0.25, 0.3) is 10.9 Å². The van der Waals surface area contributed by atoms with Gasteiger partial charge in [0.25, 0.3) is 5.91 Å². The number of benzene rings is 1. The summed E-state index contributed by atoms with van der Waals surface area (Å²) in [6, 6.07) is 9.61. The summed E-state index contributed by atoms with van der Waals surface area (Å²) in [5.41, 5.74) is 2.29. The zero-order valence-corrected chi connectivity index (χ0v) is 15.8. The van der Waals surface area contributed by atoms with Crippen molar-refractivity contribution in [3.05, 3.63) is 53.7 Å². The van der Waals surface area contributed by atoms with Crippen LogP contribution >= 0.6 is 0 Å². The summed E-state index contributed by atoms with van der Waals surface area (Å²) in [5.74, 6) is 0.815. The Bertz CT molecular complexity index is 983. The molecule has 2 amide bonds. The van der Waals surface area contributed by atoms with Gasteiger partial charge < -0.3 is 19.4 Å². The molecule has 1 aliphatic rings. The van der Waals surface area contributed by atoms with Crippen molar-refractivity contribution in [3.8, 4) is 0 Å². The van der Waals surface area contributed by atoms with E-state index in [-0.39, 0.29) is 24.3 Å². The Morgan fingerprint density at radius 3 is 2.78 bits per heavy atom. The highest BCUT2D eigenvalue weighted by Crippen LogP contribution is 2.27. The first-order valence-electron chi connectivity index (χ1n) is 9.09. The molecule has 0 radical (unpaired) electrons. The molecular formula is C20H23N5O2. The van der Waals surface area contributed by atoms with Crippen molar-refractivity contribution in [3.63, 3.8) is 0 Å². The van der Waals surface area contributed by atoms with Gasteiger partial charge in [-0.05, 0) is 19.1 Å². The number of carbonyl (C=O) groups excluding carboxylic acids is 2. The van der Waals surface area contributed by atoms with Gasteiger partial charge >= 0.3 is 0 Å². The largest absolute Gasteiger partial charge is 0.351 e. The summed E-state index contributed by atoms with van der Waals surface area (Å²) < 4.78 is 2.05. The van der Waals surface area contributed by atoms with Crippen LogP contribution in [0.15, 0.2) is 36.5 Å². The zero-order chi connectivity index (χ0) is 19.1. The van der Waals surface area contributed by atoms with E-state index in [1.807, 2.05) is 48.4 Å².